The van der Waals surface area contributed by atoms with E-state index in [-0.39, 0.29) is 32.6 Å². The number of rotatable bonds is 4. The Morgan fingerprint density at radius 2 is 1.74 bits per heavy atom. The molecule has 4 N–H and O–H groups in total. The maximum Gasteiger partial charge on any atom is 0.270 e. The van der Waals surface area contributed by atoms with E-state index in [0.717, 1.165) is 50.4 Å². The fraction of sp³-hybridized carbons (Fsp3) is 0.360. The summed E-state index contributed by atoms with van der Waals surface area (Å²) in [6.45, 7) is 1.45. The average Bonchev–Trinajstić information content (AvgIpc) is 3.10. The molecule has 2 heterocycles. The molecule has 1 aromatic heterocycles. The third kappa shape index (κ3) is 4.13. The Morgan fingerprint density at radius 3 is 2.43 bits per heavy atom. The summed E-state index contributed by atoms with van der Waals surface area (Å²) in [7, 11) is -1.78. The maximum atomic E-state index is 13.3. The number of nitrogens with zero attached hydrogens (tertiary/aromatic N) is 3. The number of nitrogens with two attached hydrogens (primary N) is 2. The highest BCUT2D eigenvalue weighted by Gasteiger charge is 2.46. The first-order valence-electron chi connectivity index (χ1n) is 11.5. The molecular weight excluding hydrogens is 482 g/mol. The topological polar surface area (TPSA) is 124 Å². The number of piperidine rings is 1. The van der Waals surface area contributed by atoms with Crippen LogP contribution in [0, 0.1) is 5.41 Å². The summed E-state index contributed by atoms with van der Waals surface area (Å²) in [5.41, 5.74) is 15.3. The Kier molecular flexibility index (Phi) is 5.93. The first kappa shape index (κ1) is 23.9. The Labute approximate surface area is 209 Å². The van der Waals surface area contributed by atoms with E-state index < -0.39 is 9.84 Å². The van der Waals surface area contributed by atoms with Crippen LogP contribution in [0.15, 0.2) is 68.0 Å². The van der Waals surface area contributed by atoms with Gasteiger partial charge in [-0.1, -0.05) is 48.2 Å². The van der Waals surface area contributed by atoms with E-state index >= 15 is 0 Å². The number of sulfone groups is 1. The van der Waals surface area contributed by atoms with E-state index in [1.165, 1.54) is 21.8 Å². The molecule has 1 aliphatic heterocycles. The molecule has 184 valence electrons. The zero-order valence-electron chi connectivity index (χ0n) is 19.8. The van der Waals surface area contributed by atoms with E-state index in [2.05, 4.69) is 28.1 Å². The molecule has 2 aromatic carbocycles. The molecule has 1 spiro atoms. The van der Waals surface area contributed by atoms with Crippen LogP contribution in [0.3, 0.4) is 0 Å². The monoisotopic (exact) mass is 511 g/mol. The van der Waals surface area contributed by atoms with Crippen LogP contribution >= 0.6 is 11.8 Å². The standard InChI is InChI=1S/C25H29N5O3S2/c1-29-23(31)20(34-18-9-5-6-10-19(18)35(2,32)33)22(27)28-24(29)30-13-11-25(12-14-30)15-16-7-3-4-8-17(16)21(25)26/h3-10,21H,11-15,26-27H2,1-2H3/t21-/m1/s1. The van der Waals surface area contributed by atoms with Crippen LogP contribution in [0.2, 0.25) is 0 Å². The fourth-order valence-corrected chi connectivity index (χ4v) is 7.62. The molecule has 5 rings (SSSR count). The van der Waals surface area contributed by atoms with Gasteiger partial charge in [-0.15, -0.1) is 0 Å². The van der Waals surface area contributed by atoms with Crippen molar-refractivity contribution in [2.75, 3.05) is 30.0 Å². The molecule has 3 aromatic rings. The van der Waals surface area contributed by atoms with Crippen LogP contribution in [0.4, 0.5) is 11.8 Å². The fourth-order valence-electron chi connectivity index (χ4n) is 5.37. The minimum absolute atomic E-state index is 0.0105. The first-order valence-corrected chi connectivity index (χ1v) is 14.2. The van der Waals surface area contributed by atoms with Crippen molar-refractivity contribution in [2.45, 2.75) is 40.0 Å². The number of hydrogen-bond donors (Lipinski definition) is 2. The molecule has 1 saturated heterocycles. The van der Waals surface area contributed by atoms with E-state index in [1.54, 1.807) is 25.2 Å². The van der Waals surface area contributed by atoms with Gasteiger partial charge in [0.25, 0.3) is 5.56 Å². The van der Waals surface area contributed by atoms with Crippen molar-refractivity contribution >= 4 is 33.4 Å². The van der Waals surface area contributed by atoms with Gasteiger partial charge in [0.2, 0.25) is 5.95 Å². The average molecular weight is 512 g/mol. The zero-order valence-corrected chi connectivity index (χ0v) is 21.4. The number of anilines is 2. The van der Waals surface area contributed by atoms with E-state index in [4.69, 9.17) is 11.5 Å². The third-order valence-corrected chi connectivity index (χ3v) is 9.80. The first-order chi connectivity index (χ1) is 16.6. The summed E-state index contributed by atoms with van der Waals surface area (Å²) in [6, 6.07) is 15.0. The van der Waals surface area contributed by atoms with Crippen molar-refractivity contribution in [3.63, 3.8) is 0 Å². The van der Waals surface area contributed by atoms with Crippen molar-refractivity contribution in [2.24, 2.45) is 18.2 Å². The lowest BCUT2D eigenvalue weighted by Crippen LogP contribution is -2.46. The Balaban J connectivity index is 1.40. The van der Waals surface area contributed by atoms with E-state index in [1.807, 2.05) is 6.07 Å². The largest absolute Gasteiger partial charge is 0.382 e. The highest BCUT2D eigenvalue weighted by Crippen LogP contribution is 2.50. The summed E-state index contributed by atoms with van der Waals surface area (Å²) in [5, 5.41) is 0. The van der Waals surface area contributed by atoms with Gasteiger partial charge < -0.3 is 16.4 Å². The normalized spacial score (nSPS) is 19.2. The molecule has 2 aliphatic rings. The van der Waals surface area contributed by atoms with Crippen molar-refractivity contribution < 1.29 is 8.42 Å². The highest BCUT2D eigenvalue weighted by atomic mass is 32.2. The lowest BCUT2D eigenvalue weighted by molar-refractivity contribution is 0.186. The lowest BCUT2D eigenvalue weighted by atomic mass is 9.73. The number of hydrogen-bond acceptors (Lipinski definition) is 8. The second-order valence-corrected chi connectivity index (χ2v) is 12.6. The minimum Gasteiger partial charge on any atom is -0.382 e. The minimum atomic E-state index is -3.46. The van der Waals surface area contributed by atoms with Gasteiger partial charge in [0, 0.05) is 37.3 Å². The van der Waals surface area contributed by atoms with Crippen LogP contribution in [0.25, 0.3) is 0 Å². The van der Waals surface area contributed by atoms with Crippen molar-refractivity contribution in [3.8, 4) is 0 Å². The van der Waals surface area contributed by atoms with Gasteiger partial charge in [0.15, 0.2) is 9.84 Å². The predicted molar refractivity (Wildman–Crippen MR) is 139 cm³/mol. The summed E-state index contributed by atoms with van der Waals surface area (Å²) in [6.07, 6.45) is 3.92. The zero-order chi connectivity index (χ0) is 25.0. The molecule has 10 heteroatoms. The van der Waals surface area contributed by atoms with Crippen molar-refractivity contribution in [3.05, 3.63) is 70.0 Å². The van der Waals surface area contributed by atoms with E-state index in [0.29, 0.717) is 10.8 Å². The van der Waals surface area contributed by atoms with Gasteiger partial charge in [0.1, 0.15) is 10.7 Å². The molecule has 1 aliphatic carbocycles. The molecule has 8 nitrogen and oxygen atoms in total. The molecule has 1 atom stereocenters. The number of fused-ring (bicyclic) bond motifs is 1. The Morgan fingerprint density at radius 1 is 1.09 bits per heavy atom. The summed E-state index contributed by atoms with van der Waals surface area (Å²) in [5.74, 6) is 0.619. The van der Waals surface area contributed by atoms with Gasteiger partial charge in [-0.25, -0.2) is 8.42 Å². The van der Waals surface area contributed by atoms with Crippen LogP contribution in [-0.4, -0.2) is 37.3 Å². The molecular formula is C25H29N5O3S2. The molecule has 35 heavy (non-hydrogen) atoms. The predicted octanol–water partition coefficient (Wildman–Crippen LogP) is 2.76. The van der Waals surface area contributed by atoms with Crippen LogP contribution in [0.1, 0.15) is 30.0 Å². The third-order valence-electron chi connectivity index (χ3n) is 7.35. The molecule has 0 bridgehead atoms. The summed E-state index contributed by atoms with van der Waals surface area (Å²) < 4.78 is 25.9. The number of benzene rings is 2. The maximum absolute atomic E-state index is 13.3. The lowest BCUT2D eigenvalue weighted by Gasteiger charge is -2.42. The molecule has 0 saturated carbocycles. The number of nitrogen functional groups attached to an aromatic ring is 1. The Bertz CT molecular complexity index is 1460. The van der Waals surface area contributed by atoms with Gasteiger partial charge in [-0.05, 0) is 47.9 Å². The molecule has 0 amide bonds. The van der Waals surface area contributed by atoms with Crippen LogP contribution in [-0.2, 0) is 23.3 Å². The van der Waals surface area contributed by atoms with Gasteiger partial charge in [0.05, 0.1) is 4.90 Å². The summed E-state index contributed by atoms with van der Waals surface area (Å²) in [4.78, 5) is 20.8. The summed E-state index contributed by atoms with van der Waals surface area (Å²) >= 11 is 1.04. The molecule has 0 unspecified atom stereocenters. The van der Waals surface area contributed by atoms with Gasteiger partial charge in [-0.3, -0.25) is 9.36 Å². The molecule has 1 fully saturated rings. The van der Waals surface area contributed by atoms with Crippen molar-refractivity contribution in [1.82, 2.24) is 9.55 Å². The van der Waals surface area contributed by atoms with E-state index in [9.17, 15) is 13.2 Å². The molecule has 0 radical (unpaired) electrons. The second kappa shape index (κ2) is 8.69. The SMILES string of the molecule is Cn1c(N2CCC3(CC2)Cc2ccccc2[C@H]3N)nc(N)c(Sc2ccccc2S(C)(=O)=O)c1=O. The van der Waals surface area contributed by atoms with Crippen LogP contribution in [0.5, 0.6) is 0 Å². The highest BCUT2D eigenvalue weighted by molar-refractivity contribution is 8.00. The van der Waals surface area contributed by atoms with Crippen molar-refractivity contribution in [1.29, 1.82) is 0 Å². The Hall–Kier alpha value is -2.82. The smallest absolute Gasteiger partial charge is 0.270 e. The second-order valence-electron chi connectivity index (χ2n) is 9.51. The van der Waals surface area contributed by atoms with Gasteiger partial charge >= 0.3 is 0 Å². The quantitative estimate of drug-likeness (QED) is 0.548. The van der Waals surface area contributed by atoms with Crippen LogP contribution < -0.4 is 21.9 Å². The van der Waals surface area contributed by atoms with Gasteiger partial charge in [-0.2, -0.15) is 4.98 Å². The number of aromatic nitrogens is 2.